The van der Waals surface area contributed by atoms with Gasteiger partial charge in [-0.05, 0) is 6.92 Å². The molecule has 0 aromatic rings. The van der Waals surface area contributed by atoms with Gasteiger partial charge < -0.3 is 15.6 Å². The van der Waals surface area contributed by atoms with Gasteiger partial charge in [0.25, 0.3) is 0 Å². The maximum absolute atomic E-state index is 10.6. The molecule has 0 saturated carbocycles. The van der Waals surface area contributed by atoms with Crippen molar-refractivity contribution < 1.29 is 27.8 Å². The first kappa shape index (κ1) is 14.7. The van der Waals surface area contributed by atoms with Crippen LogP contribution in [0.5, 0.6) is 0 Å². The molecule has 3 N–H and O–H groups in total. The highest BCUT2D eigenvalue weighted by Crippen LogP contribution is 2.13. The summed E-state index contributed by atoms with van der Waals surface area (Å²) in [6.45, 7) is 3.44. The summed E-state index contributed by atoms with van der Waals surface area (Å²) < 4.78 is 37.0. The number of carbonyl (C=O) groups is 1. The molecule has 0 spiro atoms. The van der Waals surface area contributed by atoms with Crippen LogP contribution in [0.25, 0.3) is 0 Å². The molecule has 0 bridgehead atoms. The van der Waals surface area contributed by atoms with Crippen LogP contribution in [0.4, 0.5) is 13.2 Å². The normalized spacial score (nSPS) is 19.3. The average Bonchev–Trinajstić information content (AvgIpc) is 2.51. The zero-order chi connectivity index (χ0) is 12.8. The van der Waals surface area contributed by atoms with E-state index in [1.165, 1.54) is 0 Å². The second kappa shape index (κ2) is 6.31. The fraction of sp³-hybridized carbons (Fsp3) is 0.750. The van der Waals surface area contributed by atoms with E-state index in [-0.39, 0.29) is 6.10 Å². The van der Waals surface area contributed by atoms with Crippen molar-refractivity contribution in [3.8, 4) is 0 Å². The predicted octanol–water partition coefficient (Wildman–Crippen LogP) is 0.786. The van der Waals surface area contributed by atoms with E-state index in [2.05, 4.69) is 4.99 Å². The number of rotatable bonds is 2. The molecule has 0 radical (unpaired) electrons. The van der Waals surface area contributed by atoms with Gasteiger partial charge >= 0.3 is 12.1 Å². The van der Waals surface area contributed by atoms with Crippen LogP contribution in [-0.4, -0.2) is 42.3 Å². The van der Waals surface area contributed by atoms with E-state index in [9.17, 15) is 13.2 Å². The molecule has 5 nitrogen and oxygen atoms in total. The monoisotopic (exact) mass is 242 g/mol. The van der Waals surface area contributed by atoms with Crippen molar-refractivity contribution in [2.75, 3.05) is 13.1 Å². The van der Waals surface area contributed by atoms with Crippen molar-refractivity contribution in [2.24, 2.45) is 10.7 Å². The molecule has 8 heteroatoms. The maximum atomic E-state index is 10.6. The fourth-order valence-electron chi connectivity index (χ4n) is 0.799. The van der Waals surface area contributed by atoms with Gasteiger partial charge in [-0.2, -0.15) is 13.2 Å². The zero-order valence-electron chi connectivity index (χ0n) is 8.62. The Morgan fingerprint density at radius 3 is 2.44 bits per heavy atom. The first-order valence-electron chi connectivity index (χ1n) is 4.47. The lowest BCUT2D eigenvalue weighted by atomic mass is 10.4. The van der Waals surface area contributed by atoms with Crippen LogP contribution in [0.2, 0.25) is 0 Å². The Hall–Kier alpha value is -1.31. The van der Waals surface area contributed by atoms with E-state index in [4.69, 9.17) is 20.4 Å². The first-order chi connectivity index (χ1) is 7.27. The Labute approximate surface area is 90.1 Å². The second-order valence-electron chi connectivity index (χ2n) is 3.00. The highest BCUT2D eigenvalue weighted by molar-refractivity contribution is 5.77. The summed E-state index contributed by atoms with van der Waals surface area (Å²) in [5.74, 6) is -1.93. The SMILES string of the molecule is CC1CN=C(CCN)O1.O=C(O)C(F)(F)F. The number of hydrogen-bond donors (Lipinski definition) is 2. The van der Waals surface area contributed by atoms with Gasteiger partial charge in [-0.3, -0.25) is 4.99 Å². The highest BCUT2D eigenvalue weighted by Gasteiger charge is 2.38. The van der Waals surface area contributed by atoms with Crippen molar-refractivity contribution >= 4 is 11.9 Å². The van der Waals surface area contributed by atoms with Gasteiger partial charge in [0, 0.05) is 13.0 Å². The van der Waals surface area contributed by atoms with Crippen LogP contribution < -0.4 is 5.73 Å². The van der Waals surface area contributed by atoms with E-state index in [0.29, 0.717) is 6.54 Å². The maximum Gasteiger partial charge on any atom is 0.490 e. The zero-order valence-corrected chi connectivity index (χ0v) is 8.62. The minimum absolute atomic E-state index is 0.270. The van der Waals surface area contributed by atoms with Crippen LogP contribution in [0.3, 0.4) is 0 Å². The lowest BCUT2D eigenvalue weighted by molar-refractivity contribution is -0.192. The molecule has 94 valence electrons. The molecule has 0 aromatic heterocycles. The molecule has 1 aliphatic rings. The minimum atomic E-state index is -5.08. The van der Waals surface area contributed by atoms with Crippen LogP contribution >= 0.6 is 0 Å². The number of carboxylic acids is 1. The number of hydrogen-bond acceptors (Lipinski definition) is 4. The van der Waals surface area contributed by atoms with Crippen molar-refractivity contribution in [3.63, 3.8) is 0 Å². The molecule has 0 aliphatic carbocycles. The average molecular weight is 242 g/mol. The van der Waals surface area contributed by atoms with Gasteiger partial charge in [0.05, 0.1) is 6.54 Å². The molecule has 0 amide bonds. The predicted molar refractivity (Wildman–Crippen MR) is 50.2 cm³/mol. The molecule has 1 aliphatic heterocycles. The Balaban J connectivity index is 0.000000293. The van der Waals surface area contributed by atoms with Crippen molar-refractivity contribution in [2.45, 2.75) is 25.6 Å². The van der Waals surface area contributed by atoms with Gasteiger partial charge in [-0.15, -0.1) is 0 Å². The van der Waals surface area contributed by atoms with E-state index in [1.807, 2.05) is 6.92 Å². The van der Waals surface area contributed by atoms with Gasteiger partial charge in [-0.25, -0.2) is 4.79 Å². The van der Waals surface area contributed by atoms with Crippen LogP contribution in [0.15, 0.2) is 4.99 Å². The Morgan fingerprint density at radius 1 is 1.69 bits per heavy atom. The number of nitrogens with zero attached hydrogens (tertiary/aromatic N) is 1. The molecule has 1 rings (SSSR count). The van der Waals surface area contributed by atoms with Crippen molar-refractivity contribution in [3.05, 3.63) is 0 Å². The third kappa shape index (κ3) is 6.23. The van der Waals surface area contributed by atoms with E-state index < -0.39 is 12.1 Å². The summed E-state index contributed by atoms with van der Waals surface area (Å²) in [4.78, 5) is 13.0. The van der Waals surface area contributed by atoms with Gasteiger partial charge in [0.15, 0.2) is 5.90 Å². The molecule has 16 heavy (non-hydrogen) atoms. The molecular weight excluding hydrogens is 229 g/mol. The molecule has 0 saturated heterocycles. The van der Waals surface area contributed by atoms with Crippen LogP contribution in [-0.2, 0) is 9.53 Å². The smallest absolute Gasteiger partial charge is 0.476 e. The standard InChI is InChI=1S/C6H12N2O.C2HF3O2/c1-5-4-8-6(9-5)2-3-7;3-2(4,5)1(6)7/h5H,2-4,7H2,1H3;(H,6,7). The highest BCUT2D eigenvalue weighted by atomic mass is 19.4. The Bertz CT molecular complexity index is 266. The molecule has 1 heterocycles. The number of halogens is 3. The molecule has 0 aromatic carbocycles. The number of aliphatic carboxylic acids is 1. The summed E-state index contributed by atoms with van der Waals surface area (Å²) in [5, 5.41) is 7.12. The summed E-state index contributed by atoms with van der Waals surface area (Å²) in [5.41, 5.74) is 5.29. The fourth-order valence-corrected chi connectivity index (χ4v) is 0.799. The second-order valence-corrected chi connectivity index (χ2v) is 3.00. The third-order valence-electron chi connectivity index (χ3n) is 1.46. The Kier molecular flexibility index (Phi) is 5.79. The summed E-state index contributed by atoms with van der Waals surface area (Å²) >= 11 is 0. The van der Waals surface area contributed by atoms with Crippen molar-refractivity contribution in [1.82, 2.24) is 0 Å². The largest absolute Gasteiger partial charge is 0.490 e. The Morgan fingerprint density at radius 2 is 2.19 bits per heavy atom. The molecule has 1 unspecified atom stereocenters. The minimum Gasteiger partial charge on any atom is -0.476 e. The summed E-state index contributed by atoms with van der Waals surface area (Å²) in [7, 11) is 0. The number of carboxylic acid groups (broad SMARTS) is 1. The van der Waals surface area contributed by atoms with E-state index >= 15 is 0 Å². The number of aliphatic imine (C=N–C) groups is 1. The van der Waals surface area contributed by atoms with Crippen LogP contribution in [0.1, 0.15) is 13.3 Å². The van der Waals surface area contributed by atoms with E-state index in [1.54, 1.807) is 0 Å². The first-order valence-corrected chi connectivity index (χ1v) is 4.47. The topological polar surface area (TPSA) is 84.9 Å². The molecular formula is C8H13F3N2O3. The third-order valence-corrected chi connectivity index (χ3v) is 1.46. The molecule has 1 atom stereocenters. The lowest BCUT2D eigenvalue weighted by Gasteiger charge is -2.02. The summed E-state index contributed by atoms with van der Waals surface area (Å²) in [6.07, 6.45) is -4.03. The van der Waals surface area contributed by atoms with Gasteiger partial charge in [0.1, 0.15) is 6.10 Å². The van der Waals surface area contributed by atoms with Gasteiger partial charge in [0.2, 0.25) is 0 Å². The van der Waals surface area contributed by atoms with Crippen LogP contribution in [0, 0.1) is 0 Å². The van der Waals surface area contributed by atoms with Gasteiger partial charge in [-0.1, -0.05) is 0 Å². The number of nitrogens with two attached hydrogens (primary N) is 1. The molecule has 0 fully saturated rings. The van der Waals surface area contributed by atoms with Crippen molar-refractivity contribution in [1.29, 1.82) is 0 Å². The number of ether oxygens (including phenoxy) is 1. The quantitative estimate of drug-likeness (QED) is 0.749. The number of alkyl halides is 3. The van der Waals surface area contributed by atoms with E-state index in [0.717, 1.165) is 18.9 Å². The summed E-state index contributed by atoms with van der Waals surface area (Å²) in [6, 6.07) is 0. The lowest BCUT2D eigenvalue weighted by Crippen LogP contribution is -2.21.